The Hall–Kier alpha value is -3.18. The van der Waals surface area contributed by atoms with E-state index in [2.05, 4.69) is 46.9 Å². The molecule has 0 radical (unpaired) electrons. The molecule has 304 valence electrons. The fourth-order valence-corrected chi connectivity index (χ4v) is 10.5. The Kier molecular flexibility index (Phi) is 11.3. The predicted molar refractivity (Wildman–Crippen MR) is 172 cm³/mol. The Morgan fingerprint density at radius 2 is 1.40 bits per heavy atom. The van der Waals surface area contributed by atoms with Gasteiger partial charge in [-0.15, -0.1) is 0 Å². The largest absolute Gasteiger partial charge is 0.490 e. The molecule has 4 aromatic heterocycles. The Balaban J connectivity index is 1.02. The zero-order chi connectivity index (χ0) is 40.4. The summed E-state index contributed by atoms with van der Waals surface area (Å²) in [5.74, 6) is -0.322. The first kappa shape index (κ1) is 41.5. The van der Waals surface area contributed by atoms with Crippen molar-refractivity contribution < 1.29 is 94.3 Å². The number of ether oxygens (including phenoxy) is 2. The maximum atomic E-state index is 12.5. The number of anilines is 2. The van der Waals surface area contributed by atoms with Crippen molar-refractivity contribution in [3.63, 3.8) is 0 Å². The van der Waals surface area contributed by atoms with Gasteiger partial charge in [0.05, 0.1) is 26.6 Å². The quantitative estimate of drug-likeness (QED) is 0.0429. The fraction of sp³-hybridized carbons (Fsp3) is 0.524. The zero-order valence-electron chi connectivity index (χ0n) is 27.3. The number of fused-ring (bicyclic) bond motifs is 2. The number of nitrogen functional groups attached to an aromatic ring is 2. The summed E-state index contributed by atoms with van der Waals surface area (Å²) in [7, 11) is -22.6. The Morgan fingerprint density at radius 3 is 2.02 bits per heavy atom. The topological polar surface area (TPSA) is 445 Å². The number of nitrogens with zero attached hydrogens (tertiary/aromatic N) is 7. The van der Waals surface area contributed by atoms with E-state index in [0.29, 0.717) is 0 Å². The van der Waals surface area contributed by atoms with Gasteiger partial charge in [0.1, 0.15) is 48.5 Å². The monoisotopic (exact) mass is 867 g/mol. The summed E-state index contributed by atoms with van der Waals surface area (Å²) in [5, 5.41) is 42.0. The summed E-state index contributed by atoms with van der Waals surface area (Å²) in [6.45, 7) is -2.27. The predicted octanol–water partition coefficient (Wildman–Crippen LogP) is -3.72. The van der Waals surface area contributed by atoms with Gasteiger partial charge in [0.25, 0.3) is 11.5 Å². The number of nitrogens with two attached hydrogens (primary N) is 2. The number of rotatable bonds is 14. The molecule has 0 aliphatic carbocycles. The van der Waals surface area contributed by atoms with Gasteiger partial charge in [-0.1, -0.05) is 4.98 Å². The van der Waals surface area contributed by atoms with Crippen LogP contribution >= 0.6 is 31.3 Å². The van der Waals surface area contributed by atoms with E-state index in [1.165, 1.54) is 17.9 Å². The molecule has 6 unspecified atom stereocenters. The van der Waals surface area contributed by atoms with Crippen molar-refractivity contribution in [2.45, 2.75) is 49.1 Å². The number of aliphatic hydroxyl groups is 4. The number of aromatic amines is 1. The molecule has 0 bridgehead atoms. The number of imidazole rings is 2. The SMILES string of the molecule is Cn1c[n+]([C@@H]2O[C@H](COP(=O)(O)OP(=O)(O)OP(=O)(O)OP(=O)(O)OC[C@H]3O[C@@H](n4cnc5c(N)ncnc54)[C@@H](O)C3O)C(O)[C@@H]2O)c2nc(N)[nH]c(=O)c21. The van der Waals surface area contributed by atoms with Crippen LogP contribution in [0.3, 0.4) is 0 Å². The lowest BCUT2D eigenvalue weighted by Gasteiger charge is -2.21. The summed E-state index contributed by atoms with van der Waals surface area (Å²) in [5.41, 5.74) is 10.7. The van der Waals surface area contributed by atoms with Crippen molar-refractivity contribution in [2.75, 3.05) is 24.7 Å². The van der Waals surface area contributed by atoms with E-state index >= 15 is 0 Å². The first-order valence-electron chi connectivity index (χ1n) is 14.9. The van der Waals surface area contributed by atoms with Crippen molar-refractivity contribution in [1.82, 2.24) is 34.1 Å². The van der Waals surface area contributed by atoms with Gasteiger partial charge in [0.15, 0.2) is 24.0 Å². The number of phosphoric ester groups is 2. The van der Waals surface area contributed by atoms with Gasteiger partial charge in [0, 0.05) is 0 Å². The third-order valence-electron chi connectivity index (χ3n) is 7.82. The number of aliphatic hydroxyl groups excluding tert-OH is 4. The second kappa shape index (κ2) is 15.0. The molecule has 0 saturated carbocycles. The van der Waals surface area contributed by atoms with Crippen LogP contribution in [0.5, 0.6) is 0 Å². The van der Waals surface area contributed by atoms with Gasteiger partial charge < -0.3 is 60.9 Å². The molecular weight excluding hydrogens is 836 g/mol. The highest BCUT2D eigenvalue weighted by Crippen LogP contribution is 2.71. The van der Waals surface area contributed by atoms with E-state index in [9.17, 15) is 63.1 Å². The van der Waals surface area contributed by atoms with Crippen molar-refractivity contribution in [1.29, 1.82) is 0 Å². The van der Waals surface area contributed by atoms with Gasteiger partial charge >= 0.3 is 36.9 Å². The summed E-state index contributed by atoms with van der Waals surface area (Å²) in [6, 6.07) is 0. The Morgan fingerprint density at radius 1 is 0.836 bits per heavy atom. The molecule has 6 rings (SSSR count). The van der Waals surface area contributed by atoms with Crippen molar-refractivity contribution in [3.05, 3.63) is 29.3 Å². The molecule has 30 nitrogen and oxygen atoms in total. The Bertz CT molecular complexity index is 2360. The van der Waals surface area contributed by atoms with Crippen LogP contribution in [-0.4, -0.2) is 124 Å². The van der Waals surface area contributed by atoms with E-state index in [4.69, 9.17) is 20.9 Å². The molecule has 0 spiro atoms. The van der Waals surface area contributed by atoms with Crippen LogP contribution in [0.15, 0.2) is 23.8 Å². The third-order valence-corrected chi connectivity index (χ3v) is 13.7. The van der Waals surface area contributed by atoms with Crippen molar-refractivity contribution in [3.8, 4) is 0 Å². The van der Waals surface area contributed by atoms with E-state index < -0.39 is 99.1 Å². The third kappa shape index (κ3) is 8.73. The number of hydrogen-bond donors (Lipinski definition) is 11. The average Bonchev–Trinajstić information content (AvgIpc) is 3.77. The maximum absolute atomic E-state index is 12.5. The molecule has 2 aliphatic rings. The molecular formula is C21H31N10O20P4+. The standard InChI is InChI=1S/C21H30N10O20P4/c1-29-6-31(17-10(29)18(36)28-21(23)27-17)20-14(35)12(33)8(48-20)3-46-53(39,40)50-55(43,44)51-54(41,42)49-52(37,38)45-2-7-11(32)13(34)19(47-7)30-5-26-9-15(22)24-4-25-16(9)30/h4-8,11-14,19-20,32-35H,2-3H2,1H3,(H8-,22,23,24,25,27,28,36,37,38,39,40,41,42,43,44)/p+1/t7-,8-,11?,12?,13+,14+,19-,20-/m1/s1. The molecule has 2 aliphatic heterocycles. The van der Waals surface area contributed by atoms with Gasteiger partial charge in [-0.05, 0) is 0 Å². The molecule has 6 heterocycles. The van der Waals surface area contributed by atoms with Crippen molar-refractivity contribution >= 4 is 65.4 Å². The van der Waals surface area contributed by atoms with Gasteiger partial charge in [0.2, 0.25) is 11.7 Å². The van der Waals surface area contributed by atoms with Crippen LogP contribution in [0, 0.1) is 0 Å². The summed E-state index contributed by atoms with van der Waals surface area (Å²) >= 11 is 0. The molecule has 0 amide bonds. The van der Waals surface area contributed by atoms with E-state index in [1.54, 1.807) is 0 Å². The average molecular weight is 867 g/mol. The summed E-state index contributed by atoms with van der Waals surface area (Å²) < 4.78 is 84.9. The van der Waals surface area contributed by atoms with Crippen LogP contribution in [-0.2, 0) is 56.8 Å². The van der Waals surface area contributed by atoms with E-state index in [0.717, 1.165) is 21.8 Å². The highest BCUT2D eigenvalue weighted by atomic mass is 31.3. The minimum Gasteiger partial charge on any atom is -0.387 e. The molecule has 0 aromatic carbocycles. The molecule has 55 heavy (non-hydrogen) atoms. The van der Waals surface area contributed by atoms with Crippen molar-refractivity contribution in [2.24, 2.45) is 7.05 Å². The maximum Gasteiger partial charge on any atom is 0.490 e. The molecule has 4 aromatic rings. The minimum absolute atomic E-state index is 0.0154. The lowest BCUT2D eigenvalue weighted by molar-refractivity contribution is -0.745. The lowest BCUT2D eigenvalue weighted by atomic mass is 10.1. The molecule has 13 N–H and O–H groups in total. The Labute approximate surface area is 303 Å². The number of phosphoric acid groups is 4. The van der Waals surface area contributed by atoms with Crippen LogP contribution in [0.25, 0.3) is 22.3 Å². The summed E-state index contributed by atoms with van der Waals surface area (Å²) in [6.07, 6.45) is -9.89. The smallest absolute Gasteiger partial charge is 0.387 e. The van der Waals surface area contributed by atoms with Crippen LogP contribution in [0.2, 0.25) is 0 Å². The minimum atomic E-state index is -6.22. The highest BCUT2D eigenvalue weighted by Gasteiger charge is 2.51. The zero-order valence-corrected chi connectivity index (χ0v) is 30.9. The number of aryl methyl sites for hydroxylation is 1. The second-order valence-corrected chi connectivity index (χ2v) is 17.9. The normalized spacial score (nSPS) is 30.3. The van der Waals surface area contributed by atoms with E-state index in [-0.39, 0.29) is 34.1 Å². The second-order valence-electron chi connectivity index (χ2n) is 11.6. The molecule has 2 fully saturated rings. The van der Waals surface area contributed by atoms with Gasteiger partial charge in [-0.3, -0.25) is 28.0 Å². The van der Waals surface area contributed by atoms with Crippen LogP contribution < -0.4 is 21.6 Å². The van der Waals surface area contributed by atoms with E-state index in [1.807, 2.05) is 0 Å². The highest BCUT2D eigenvalue weighted by molar-refractivity contribution is 7.69. The lowest BCUT2D eigenvalue weighted by Crippen LogP contribution is -2.46. The van der Waals surface area contributed by atoms with Gasteiger partial charge in [-0.25, -0.2) is 37.8 Å². The van der Waals surface area contributed by atoms with Crippen LogP contribution in [0.1, 0.15) is 12.5 Å². The first-order chi connectivity index (χ1) is 25.5. The number of nitrogens with one attached hydrogen (secondary N) is 1. The fourth-order valence-electron chi connectivity index (χ4n) is 5.51. The first-order valence-corrected chi connectivity index (χ1v) is 20.9. The number of aromatic nitrogens is 8. The van der Waals surface area contributed by atoms with Gasteiger partial charge in [-0.2, -0.15) is 12.9 Å². The molecule has 2 saturated heterocycles. The molecule has 12 atom stereocenters. The summed E-state index contributed by atoms with van der Waals surface area (Å²) in [4.78, 5) is 70.0. The number of hydrogen-bond acceptors (Lipinski definition) is 22. The molecule has 34 heteroatoms. The number of H-pyrrole nitrogens is 1. The van der Waals surface area contributed by atoms with Crippen LogP contribution in [0.4, 0.5) is 11.8 Å².